The van der Waals surface area contributed by atoms with Gasteiger partial charge in [0.2, 0.25) is 0 Å². The van der Waals surface area contributed by atoms with Crippen LogP contribution in [0.2, 0.25) is 10.0 Å². The van der Waals surface area contributed by atoms with Crippen LogP contribution >= 0.6 is 34.5 Å². The second-order valence-corrected chi connectivity index (χ2v) is 7.53. The van der Waals surface area contributed by atoms with Crippen molar-refractivity contribution in [1.82, 2.24) is 10.4 Å². The fourth-order valence-corrected chi connectivity index (χ4v) is 3.94. The average molecular weight is 436 g/mol. The van der Waals surface area contributed by atoms with Crippen molar-refractivity contribution in [3.63, 3.8) is 0 Å². The molecule has 2 N–H and O–H groups in total. The van der Waals surface area contributed by atoms with Crippen molar-refractivity contribution in [3.8, 4) is 22.1 Å². The molecule has 0 bridgehead atoms. The Morgan fingerprint density at radius 1 is 1.29 bits per heavy atom. The van der Waals surface area contributed by atoms with Crippen LogP contribution in [0.4, 0.5) is 0 Å². The van der Waals surface area contributed by atoms with Gasteiger partial charge in [0.15, 0.2) is 11.5 Å². The lowest BCUT2D eigenvalue weighted by Crippen LogP contribution is -2.17. The number of methoxy groups -OCH3 is 1. The first-order chi connectivity index (χ1) is 13.4. The highest BCUT2D eigenvalue weighted by molar-refractivity contribution is 7.17. The average Bonchev–Trinajstić information content (AvgIpc) is 3.03. The standard InChI is InChI=1S/C19H15Cl2N3O3S/c1-10-17(28-19(23-10)13-5-4-12(20)8-14(13)21)18(26)24-22-9-11-3-6-16(27-2)15(25)7-11/h3-9,25H,1-2H3,(H,24,26)/b22-9+. The smallest absolute Gasteiger partial charge is 0.283 e. The minimum atomic E-state index is -0.389. The van der Waals surface area contributed by atoms with Gasteiger partial charge < -0.3 is 9.84 Å². The molecular formula is C19H15Cl2N3O3S. The number of amides is 1. The van der Waals surface area contributed by atoms with Gasteiger partial charge in [0.25, 0.3) is 5.91 Å². The van der Waals surface area contributed by atoms with E-state index in [4.69, 9.17) is 27.9 Å². The summed E-state index contributed by atoms with van der Waals surface area (Å²) in [5.41, 5.74) is 4.34. The number of phenols is 1. The van der Waals surface area contributed by atoms with Crippen LogP contribution in [0.25, 0.3) is 10.6 Å². The molecule has 144 valence electrons. The van der Waals surface area contributed by atoms with Gasteiger partial charge in [0, 0.05) is 10.6 Å². The third-order valence-electron chi connectivity index (χ3n) is 3.75. The Labute approximate surface area is 175 Å². The summed E-state index contributed by atoms with van der Waals surface area (Å²) in [6.45, 7) is 1.74. The van der Waals surface area contributed by atoms with Gasteiger partial charge in [-0.3, -0.25) is 4.79 Å². The maximum atomic E-state index is 12.4. The number of carbonyl (C=O) groups excluding carboxylic acids is 1. The van der Waals surface area contributed by atoms with E-state index in [2.05, 4.69) is 15.5 Å². The van der Waals surface area contributed by atoms with E-state index in [0.29, 0.717) is 42.5 Å². The van der Waals surface area contributed by atoms with E-state index in [-0.39, 0.29) is 11.7 Å². The lowest BCUT2D eigenvalue weighted by molar-refractivity contribution is 0.0958. The number of thiazole rings is 1. The van der Waals surface area contributed by atoms with Gasteiger partial charge in [0.05, 0.1) is 24.0 Å². The fraction of sp³-hybridized carbons (Fsp3) is 0.105. The Hall–Kier alpha value is -2.61. The molecule has 0 saturated heterocycles. The molecule has 0 radical (unpaired) electrons. The highest BCUT2D eigenvalue weighted by Crippen LogP contribution is 2.34. The van der Waals surface area contributed by atoms with E-state index >= 15 is 0 Å². The Balaban J connectivity index is 1.74. The SMILES string of the molecule is COc1ccc(/C=N/NC(=O)c2sc(-c3ccc(Cl)cc3Cl)nc2C)cc1O. The number of hydrazone groups is 1. The van der Waals surface area contributed by atoms with E-state index in [1.807, 2.05) is 0 Å². The third-order valence-corrected chi connectivity index (χ3v) is 5.48. The maximum Gasteiger partial charge on any atom is 0.283 e. The summed E-state index contributed by atoms with van der Waals surface area (Å²) >= 11 is 13.4. The lowest BCUT2D eigenvalue weighted by atomic mass is 10.2. The summed E-state index contributed by atoms with van der Waals surface area (Å²) in [6.07, 6.45) is 1.42. The molecule has 0 atom stereocenters. The molecule has 3 aromatic rings. The van der Waals surface area contributed by atoms with E-state index in [1.54, 1.807) is 37.3 Å². The Bertz CT molecular complexity index is 1070. The first-order valence-electron chi connectivity index (χ1n) is 8.02. The normalized spacial score (nSPS) is 11.0. The molecule has 0 fully saturated rings. The van der Waals surface area contributed by atoms with Crippen molar-refractivity contribution >= 4 is 46.7 Å². The summed E-state index contributed by atoms with van der Waals surface area (Å²) < 4.78 is 4.98. The summed E-state index contributed by atoms with van der Waals surface area (Å²) in [5.74, 6) is -0.0456. The number of ether oxygens (including phenoxy) is 1. The molecular weight excluding hydrogens is 421 g/mol. The van der Waals surface area contributed by atoms with Crippen LogP contribution in [0.5, 0.6) is 11.5 Å². The van der Waals surface area contributed by atoms with Crippen LogP contribution in [0.15, 0.2) is 41.5 Å². The van der Waals surface area contributed by atoms with Gasteiger partial charge in [-0.2, -0.15) is 5.10 Å². The topological polar surface area (TPSA) is 83.8 Å². The highest BCUT2D eigenvalue weighted by Gasteiger charge is 2.17. The Morgan fingerprint density at radius 2 is 2.07 bits per heavy atom. The van der Waals surface area contributed by atoms with Crippen LogP contribution in [-0.2, 0) is 0 Å². The number of hydrogen-bond donors (Lipinski definition) is 2. The molecule has 3 rings (SSSR count). The zero-order valence-electron chi connectivity index (χ0n) is 14.9. The largest absolute Gasteiger partial charge is 0.504 e. The van der Waals surface area contributed by atoms with Crippen molar-refractivity contribution in [2.45, 2.75) is 6.92 Å². The number of nitrogens with one attached hydrogen (secondary N) is 1. The molecule has 1 amide bonds. The second kappa shape index (κ2) is 8.60. The molecule has 1 aromatic heterocycles. The summed E-state index contributed by atoms with van der Waals surface area (Å²) in [5, 5.41) is 15.3. The number of aromatic nitrogens is 1. The number of rotatable bonds is 5. The zero-order valence-corrected chi connectivity index (χ0v) is 17.2. The van der Waals surface area contributed by atoms with E-state index < -0.39 is 0 Å². The summed E-state index contributed by atoms with van der Waals surface area (Å²) in [7, 11) is 1.46. The van der Waals surface area contributed by atoms with Crippen molar-refractivity contribution in [2.75, 3.05) is 7.11 Å². The monoisotopic (exact) mass is 435 g/mol. The van der Waals surface area contributed by atoms with Gasteiger partial charge >= 0.3 is 0 Å². The van der Waals surface area contributed by atoms with E-state index in [1.165, 1.54) is 30.7 Å². The molecule has 0 saturated carbocycles. The first-order valence-corrected chi connectivity index (χ1v) is 9.59. The Kier molecular flexibility index (Phi) is 6.18. The number of aryl methyl sites for hydroxylation is 1. The molecule has 6 nitrogen and oxygen atoms in total. The summed E-state index contributed by atoms with van der Waals surface area (Å²) in [6, 6.07) is 9.89. The molecule has 0 spiro atoms. The minimum Gasteiger partial charge on any atom is -0.504 e. The van der Waals surface area contributed by atoms with Crippen LogP contribution in [-0.4, -0.2) is 29.3 Å². The lowest BCUT2D eigenvalue weighted by Gasteiger charge is -2.03. The van der Waals surface area contributed by atoms with Crippen molar-refractivity contribution in [1.29, 1.82) is 0 Å². The minimum absolute atomic E-state index is 0.0134. The van der Waals surface area contributed by atoms with Crippen LogP contribution in [0.3, 0.4) is 0 Å². The van der Waals surface area contributed by atoms with Gasteiger partial charge in [-0.15, -0.1) is 11.3 Å². The first kappa shape index (κ1) is 20.1. The number of phenolic OH excluding ortho intramolecular Hbond substituents is 1. The van der Waals surface area contributed by atoms with Gasteiger partial charge in [0.1, 0.15) is 9.88 Å². The van der Waals surface area contributed by atoms with E-state index in [0.717, 1.165) is 0 Å². The maximum absolute atomic E-state index is 12.4. The second-order valence-electron chi connectivity index (χ2n) is 5.69. The van der Waals surface area contributed by atoms with Gasteiger partial charge in [-0.05, 0) is 48.9 Å². The number of benzene rings is 2. The van der Waals surface area contributed by atoms with Crippen LogP contribution in [0.1, 0.15) is 20.9 Å². The Morgan fingerprint density at radius 3 is 2.75 bits per heavy atom. The third kappa shape index (κ3) is 4.44. The zero-order chi connectivity index (χ0) is 20.3. The van der Waals surface area contributed by atoms with Gasteiger partial charge in [-0.1, -0.05) is 23.2 Å². The van der Waals surface area contributed by atoms with E-state index in [9.17, 15) is 9.90 Å². The highest BCUT2D eigenvalue weighted by atomic mass is 35.5. The quantitative estimate of drug-likeness (QED) is 0.440. The number of nitrogens with zero attached hydrogens (tertiary/aromatic N) is 2. The molecule has 2 aromatic carbocycles. The van der Waals surface area contributed by atoms with Crippen LogP contribution < -0.4 is 10.2 Å². The van der Waals surface area contributed by atoms with Crippen molar-refractivity contribution in [3.05, 3.63) is 62.6 Å². The molecule has 0 aliphatic heterocycles. The summed E-state index contributed by atoms with van der Waals surface area (Å²) in [4.78, 5) is 17.3. The predicted molar refractivity (Wildman–Crippen MR) is 112 cm³/mol. The number of aromatic hydroxyl groups is 1. The van der Waals surface area contributed by atoms with Crippen molar-refractivity contribution in [2.24, 2.45) is 5.10 Å². The number of hydrogen-bond acceptors (Lipinski definition) is 6. The van der Waals surface area contributed by atoms with Crippen LogP contribution in [0, 0.1) is 6.92 Å². The number of carbonyl (C=O) groups is 1. The molecule has 0 aliphatic rings. The van der Waals surface area contributed by atoms with Gasteiger partial charge in [-0.25, -0.2) is 10.4 Å². The molecule has 9 heteroatoms. The van der Waals surface area contributed by atoms with Crippen molar-refractivity contribution < 1.29 is 14.6 Å². The molecule has 0 unspecified atom stereocenters. The predicted octanol–water partition coefficient (Wildman–Crippen LogP) is 4.90. The molecule has 28 heavy (non-hydrogen) atoms. The molecule has 1 heterocycles. The fourth-order valence-electron chi connectivity index (χ4n) is 2.39. The number of halogens is 2. The molecule has 0 aliphatic carbocycles.